The standard InChI is InChI=1S/C6H9N3O2.C5H9N3.CO2/c7-5(6(10)11)1-4-2-8-3-9-4;6-2-1-5-3-7-4-8-5;2-1-3/h2-3,5H,1,7H2,(H,8,9)(H,10,11);3-4H,1-2,6H2,(H,7,8);/t5-;;/m0../s1. The third-order valence-corrected chi connectivity index (χ3v) is 2.28. The van der Waals surface area contributed by atoms with Gasteiger partial charge in [-0.25, -0.2) is 9.97 Å². The van der Waals surface area contributed by atoms with Crippen LogP contribution in [0.25, 0.3) is 0 Å². The summed E-state index contributed by atoms with van der Waals surface area (Å²) < 4.78 is 0. The molecular weight excluding hydrogens is 292 g/mol. The van der Waals surface area contributed by atoms with Gasteiger partial charge in [-0.2, -0.15) is 9.59 Å². The zero-order chi connectivity index (χ0) is 16.8. The molecule has 0 radical (unpaired) electrons. The molecule has 0 aliphatic rings. The number of aliphatic carboxylic acids is 1. The number of carboxylic acids is 1. The average Bonchev–Trinajstić information content (AvgIpc) is 3.14. The third kappa shape index (κ3) is 9.15. The lowest BCUT2D eigenvalue weighted by molar-refractivity contribution is -0.191. The van der Waals surface area contributed by atoms with E-state index in [-0.39, 0.29) is 12.6 Å². The SMILES string of the molecule is NCCc1cnc[nH]1.N[C@@H](Cc1cnc[nH]1)C(=O)O.O=C=O. The van der Waals surface area contributed by atoms with Gasteiger partial charge in [0.2, 0.25) is 0 Å². The molecule has 1 atom stereocenters. The molecule has 10 heteroatoms. The molecule has 0 bridgehead atoms. The van der Waals surface area contributed by atoms with Crippen molar-refractivity contribution in [2.75, 3.05) is 6.54 Å². The number of carboxylic acid groups (broad SMARTS) is 1. The maximum Gasteiger partial charge on any atom is 0.373 e. The summed E-state index contributed by atoms with van der Waals surface area (Å²) in [5.74, 6) is -1.00. The van der Waals surface area contributed by atoms with Crippen LogP contribution in [0.5, 0.6) is 0 Å². The molecule has 2 aromatic heterocycles. The van der Waals surface area contributed by atoms with Gasteiger partial charge in [0.05, 0.1) is 12.7 Å². The topological polar surface area (TPSA) is 181 Å². The van der Waals surface area contributed by atoms with Gasteiger partial charge < -0.3 is 26.5 Å². The van der Waals surface area contributed by atoms with Crippen LogP contribution >= 0.6 is 0 Å². The van der Waals surface area contributed by atoms with Gasteiger partial charge in [0.25, 0.3) is 0 Å². The summed E-state index contributed by atoms with van der Waals surface area (Å²) in [6.07, 6.45) is 7.92. The molecule has 0 amide bonds. The van der Waals surface area contributed by atoms with E-state index in [1.165, 1.54) is 6.33 Å². The van der Waals surface area contributed by atoms with Gasteiger partial charge in [-0.15, -0.1) is 0 Å². The maximum atomic E-state index is 10.3. The normalized spacial score (nSPS) is 10.3. The number of nitrogens with two attached hydrogens (primary N) is 2. The lowest BCUT2D eigenvalue weighted by Crippen LogP contribution is -2.32. The molecule has 0 saturated heterocycles. The van der Waals surface area contributed by atoms with E-state index in [0.29, 0.717) is 6.54 Å². The van der Waals surface area contributed by atoms with Crippen LogP contribution in [-0.2, 0) is 27.2 Å². The number of hydrogen-bond donors (Lipinski definition) is 5. The first kappa shape index (κ1) is 19.2. The fourth-order valence-corrected chi connectivity index (χ4v) is 1.30. The Morgan fingerprint density at radius 1 is 1.23 bits per heavy atom. The largest absolute Gasteiger partial charge is 0.480 e. The minimum atomic E-state index is -1.00. The number of rotatable bonds is 5. The van der Waals surface area contributed by atoms with E-state index in [1.54, 1.807) is 18.7 Å². The second-order valence-electron chi connectivity index (χ2n) is 3.92. The van der Waals surface area contributed by atoms with Crippen LogP contribution < -0.4 is 11.5 Å². The van der Waals surface area contributed by atoms with Crippen molar-refractivity contribution in [1.82, 2.24) is 19.9 Å². The Balaban J connectivity index is 0.000000352. The van der Waals surface area contributed by atoms with Crippen molar-refractivity contribution in [1.29, 1.82) is 0 Å². The summed E-state index contributed by atoms with van der Waals surface area (Å²) in [5, 5.41) is 8.42. The molecule has 2 rings (SSSR count). The minimum absolute atomic E-state index is 0.250. The fourth-order valence-electron chi connectivity index (χ4n) is 1.30. The zero-order valence-corrected chi connectivity index (χ0v) is 11.7. The summed E-state index contributed by atoms with van der Waals surface area (Å²) in [6, 6.07) is -0.851. The van der Waals surface area contributed by atoms with E-state index in [0.717, 1.165) is 17.8 Å². The van der Waals surface area contributed by atoms with Crippen molar-refractivity contribution in [2.45, 2.75) is 18.9 Å². The predicted molar refractivity (Wildman–Crippen MR) is 74.3 cm³/mol. The Morgan fingerprint density at radius 2 is 1.73 bits per heavy atom. The van der Waals surface area contributed by atoms with E-state index < -0.39 is 12.0 Å². The van der Waals surface area contributed by atoms with E-state index in [2.05, 4.69) is 19.9 Å². The van der Waals surface area contributed by atoms with Crippen molar-refractivity contribution in [3.05, 3.63) is 36.4 Å². The Morgan fingerprint density at radius 3 is 2.09 bits per heavy atom. The molecule has 10 nitrogen and oxygen atoms in total. The highest BCUT2D eigenvalue weighted by Gasteiger charge is 2.11. The first-order valence-corrected chi connectivity index (χ1v) is 6.17. The van der Waals surface area contributed by atoms with Gasteiger partial charge in [-0.1, -0.05) is 0 Å². The Hall–Kier alpha value is -2.81. The van der Waals surface area contributed by atoms with Gasteiger partial charge in [-0.05, 0) is 6.54 Å². The summed E-state index contributed by atoms with van der Waals surface area (Å²) >= 11 is 0. The molecule has 0 saturated carbocycles. The van der Waals surface area contributed by atoms with Crippen LogP contribution in [0.2, 0.25) is 0 Å². The quantitative estimate of drug-likeness (QED) is 0.451. The molecule has 0 unspecified atom stereocenters. The predicted octanol–water partition coefficient (Wildman–Crippen LogP) is -1.31. The zero-order valence-electron chi connectivity index (χ0n) is 11.7. The average molecular weight is 310 g/mol. The van der Waals surface area contributed by atoms with Crippen LogP contribution in [0.3, 0.4) is 0 Å². The number of carbonyl (C=O) groups is 1. The van der Waals surface area contributed by atoms with Crippen LogP contribution in [-0.4, -0.2) is 49.7 Å². The molecule has 2 aromatic rings. The monoisotopic (exact) mass is 310 g/mol. The molecule has 0 aromatic carbocycles. The highest BCUT2D eigenvalue weighted by molar-refractivity contribution is 5.73. The van der Waals surface area contributed by atoms with E-state index >= 15 is 0 Å². The smallest absolute Gasteiger partial charge is 0.373 e. The van der Waals surface area contributed by atoms with Crippen molar-refractivity contribution in [3.63, 3.8) is 0 Å². The van der Waals surface area contributed by atoms with Crippen molar-refractivity contribution < 1.29 is 19.5 Å². The summed E-state index contributed by atoms with van der Waals surface area (Å²) in [7, 11) is 0. The van der Waals surface area contributed by atoms with Gasteiger partial charge >= 0.3 is 12.1 Å². The molecular formula is C12H18N6O4. The Kier molecular flexibility index (Phi) is 10.4. The molecule has 0 spiro atoms. The number of aromatic amines is 2. The van der Waals surface area contributed by atoms with E-state index in [1.807, 2.05) is 0 Å². The summed E-state index contributed by atoms with van der Waals surface area (Å²) in [4.78, 5) is 39.8. The number of carbonyl (C=O) groups excluding carboxylic acids is 2. The van der Waals surface area contributed by atoms with Crippen LogP contribution in [0.4, 0.5) is 0 Å². The second-order valence-corrected chi connectivity index (χ2v) is 3.92. The molecule has 120 valence electrons. The molecule has 0 aliphatic heterocycles. The number of aromatic nitrogens is 4. The van der Waals surface area contributed by atoms with E-state index in [4.69, 9.17) is 26.2 Å². The molecule has 7 N–H and O–H groups in total. The molecule has 0 aliphatic carbocycles. The van der Waals surface area contributed by atoms with Crippen molar-refractivity contribution in [2.24, 2.45) is 11.5 Å². The van der Waals surface area contributed by atoms with Gasteiger partial charge in [0.1, 0.15) is 6.04 Å². The van der Waals surface area contributed by atoms with Gasteiger partial charge in [0, 0.05) is 36.6 Å². The summed E-state index contributed by atoms with van der Waals surface area (Å²) in [6.45, 7) is 0.683. The van der Waals surface area contributed by atoms with Gasteiger partial charge in [-0.3, -0.25) is 4.79 Å². The summed E-state index contributed by atoms with van der Waals surface area (Å²) in [5.41, 5.74) is 12.4. The number of hydrogen-bond acceptors (Lipinski definition) is 7. The highest BCUT2D eigenvalue weighted by atomic mass is 16.4. The highest BCUT2D eigenvalue weighted by Crippen LogP contribution is 1.95. The van der Waals surface area contributed by atoms with Crippen LogP contribution in [0.15, 0.2) is 25.0 Å². The first-order chi connectivity index (χ1) is 10.5. The minimum Gasteiger partial charge on any atom is -0.480 e. The van der Waals surface area contributed by atoms with Crippen molar-refractivity contribution in [3.8, 4) is 0 Å². The second kappa shape index (κ2) is 12.0. The lowest BCUT2D eigenvalue weighted by Gasteiger charge is -2.02. The maximum absolute atomic E-state index is 10.3. The fraction of sp³-hybridized carbons (Fsp3) is 0.333. The Labute approximate surface area is 126 Å². The third-order valence-electron chi connectivity index (χ3n) is 2.28. The lowest BCUT2D eigenvalue weighted by atomic mass is 10.2. The molecule has 0 fully saturated rings. The number of nitrogens with zero attached hydrogens (tertiary/aromatic N) is 2. The number of nitrogens with one attached hydrogen (secondary N) is 2. The number of H-pyrrole nitrogens is 2. The number of imidazole rings is 2. The van der Waals surface area contributed by atoms with Crippen LogP contribution in [0, 0.1) is 0 Å². The molecule has 22 heavy (non-hydrogen) atoms. The Bertz CT molecular complexity index is 534. The van der Waals surface area contributed by atoms with Crippen LogP contribution in [0.1, 0.15) is 11.4 Å². The van der Waals surface area contributed by atoms with Crippen molar-refractivity contribution >= 4 is 12.1 Å². The first-order valence-electron chi connectivity index (χ1n) is 6.17. The van der Waals surface area contributed by atoms with Gasteiger partial charge in [0.15, 0.2) is 0 Å². The van der Waals surface area contributed by atoms with E-state index in [9.17, 15) is 4.79 Å². The molecule has 2 heterocycles.